The summed E-state index contributed by atoms with van der Waals surface area (Å²) >= 11 is 0. The molecule has 0 atom stereocenters. The number of hydrogen-bond donors (Lipinski definition) is 2. The highest BCUT2D eigenvalue weighted by Gasteiger charge is 2.24. The third-order valence-corrected chi connectivity index (χ3v) is 7.28. The van der Waals surface area contributed by atoms with Crippen LogP contribution in [0.5, 0.6) is 0 Å². The number of piperidine rings is 1. The number of nitrogens with one attached hydrogen (secondary N) is 2. The van der Waals surface area contributed by atoms with Gasteiger partial charge in [-0.1, -0.05) is 83.2 Å². The van der Waals surface area contributed by atoms with Crippen LogP contribution in [-0.4, -0.2) is 31.4 Å². The second-order valence-corrected chi connectivity index (χ2v) is 11.0. The summed E-state index contributed by atoms with van der Waals surface area (Å²) in [6, 6.07) is 16.5. The van der Waals surface area contributed by atoms with Crippen LogP contribution in [0.15, 0.2) is 48.5 Å². The van der Waals surface area contributed by atoms with Crippen LogP contribution in [0.4, 0.5) is 11.4 Å². The lowest BCUT2D eigenvalue weighted by Gasteiger charge is -2.35. The Labute approximate surface area is 224 Å². The monoisotopic (exact) mass is 505 g/mol. The number of carbonyl (C=O) groups excluding carboxylic acids is 2. The molecule has 0 bridgehead atoms. The van der Waals surface area contributed by atoms with Gasteiger partial charge < -0.3 is 15.5 Å². The molecule has 0 aliphatic carbocycles. The second kappa shape index (κ2) is 15.4. The summed E-state index contributed by atoms with van der Waals surface area (Å²) in [6.45, 7) is 8.91. The van der Waals surface area contributed by atoms with E-state index in [0.29, 0.717) is 36.1 Å². The van der Waals surface area contributed by atoms with Crippen molar-refractivity contribution >= 4 is 23.2 Å². The standard InChI is InChI=1S/C32H47N3O2/c1-4-5-6-7-8-12-15-31(36)34-28-16-17-30(29(23-28)32(37)33-24-25(2)3)35-20-18-27(19-21-35)22-26-13-10-9-11-14-26/h9-11,13-14,16-17,23,25,27H,4-8,12,15,18-22,24H2,1-3H3,(H,33,37)(H,34,36). The molecule has 5 nitrogen and oxygen atoms in total. The molecule has 2 amide bonds. The SMILES string of the molecule is CCCCCCCCC(=O)Nc1ccc(N2CCC(Cc3ccccc3)CC2)c(C(=O)NCC(C)C)c1. The van der Waals surface area contributed by atoms with Crippen molar-refractivity contribution in [2.75, 3.05) is 29.9 Å². The third kappa shape index (κ3) is 9.87. The zero-order chi connectivity index (χ0) is 26.5. The molecule has 1 aliphatic heterocycles. The lowest BCUT2D eigenvalue weighted by molar-refractivity contribution is -0.116. The molecule has 0 spiro atoms. The fourth-order valence-corrected chi connectivity index (χ4v) is 5.08. The van der Waals surface area contributed by atoms with E-state index in [2.05, 4.69) is 66.6 Å². The van der Waals surface area contributed by atoms with Crippen LogP contribution >= 0.6 is 0 Å². The number of nitrogens with zero attached hydrogens (tertiary/aromatic N) is 1. The van der Waals surface area contributed by atoms with E-state index in [0.717, 1.165) is 50.9 Å². The number of carbonyl (C=O) groups is 2. The van der Waals surface area contributed by atoms with Crippen molar-refractivity contribution in [2.24, 2.45) is 11.8 Å². The van der Waals surface area contributed by atoms with Gasteiger partial charge in [0.2, 0.25) is 5.91 Å². The predicted octanol–water partition coefficient (Wildman–Crippen LogP) is 7.22. The zero-order valence-corrected chi connectivity index (χ0v) is 23.2. The van der Waals surface area contributed by atoms with Crippen LogP contribution in [0.3, 0.4) is 0 Å². The molecule has 0 aromatic heterocycles. The molecule has 5 heteroatoms. The minimum Gasteiger partial charge on any atom is -0.371 e. The lowest BCUT2D eigenvalue weighted by Crippen LogP contribution is -2.36. The van der Waals surface area contributed by atoms with E-state index >= 15 is 0 Å². The Kier molecular flexibility index (Phi) is 12.0. The van der Waals surface area contributed by atoms with Gasteiger partial charge in [-0.25, -0.2) is 0 Å². The van der Waals surface area contributed by atoms with Crippen LogP contribution in [0.25, 0.3) is 0 Å². The quantitative estimate of drug-likeness (QED) is 0.266. The van der Waals surface area contributed by atoms with Gasteiger partial charge in [-0.3, -0.25) is 9.59 Å². The molecule has 202 valence electrons. The first-order chi connectivity index (χ1) is 18.0. The average Bonchev–Trinajstić information content (AvgIpc) is 2.90. The second-order valence-electron chi connectivity index (χ2n) is 11.0. The molecule has 2 N–H and O–H groups in total. The molecule has 37 heavy (non-hydrogen) atoms. The highest BCUT2D eigenvalue weighted by molar-refractivity contribution is 6.02. The van der Waals surface area contributed by atoms with Gasteiger partial charge >= 0.3 is 0 Å². The molecule has 1 aliphatic rings. The molecular formula is C32H47N3O2. The summed E-state index contributed by atoms with van der Waals surface area (Å²) in [7, 11) is 0. The van der Waals surface area contributed by atoms with Gasteiger partial charge in [0.1, 0.15) is 0 Å². The Morgan fingerprint density at radius 1 is 0.946 bits per heavy atom. The van der Waals surface area contributed by atoms with Crippen molar-refractivity contribution < 1.29 is 9.59 Å². The summed E-state index contributed by atoms with van der Waals surface area (Å²) in [4.78, 5) is 28.1. The maximum absolute atomic E-state index is 13.2. The third-order valence-electron chi connectivity index (χ3n) is 7.28. The van der Waals surface area contributed by atoms with Crippen LogP contribution in [0.1, 0.15) is 94.5 Å². The van der Waals surface area contributed by atoms with E-state index < -0.39 is 0 Å². The van der Waals surface area contributed by atoms with E-state index in [1.165, 1.54) is 31.2 Å². The van der Waals surface area contributed by atoms with Gasteiger partial charge in [0.05, 0.1) is 5.56 Å². The van der Waals surface area contributed by atoms with Crippen molar-refractivity contribution in [2.45, 2.75) is 85.0 Å². The van der Waals surface area contributed by atoms with Gasteiger partial charge in [-0.15, -0.1) is 0 Å². The van der Waals surface area contributed by atoms with Crippen molar-refractivity contribution in [1.82, 2.24) is 5.32 Å². The maximum atomic E-state index is 13.2. The molecule has 1 saturated heterocycles. The van der Waals surface area contributed by atoms with Gasteiger partial charge in [0.15, 0.2) is 0 Å². The Morgan fingerprint density at radius 2 is 1.65 bits per heavy atom. The maximum Gasteiger partial charge on any atom is 0.253 e. The molecule has 0 radical (unpaired) electrons. The summed E-state index contributed by atoms with van der Waals surface area (Å²) in [5.74, 6) is 0.999. The Hall–Kier alpha value is -2.82. The van der Waals surface area contributed by atoms with E-state index in [-0.39, 0.29) is 11.8 Å². The predicted molar refractivity (Wildman–Crippen MR) is 155 cm³/mol. The Morgan fingerprint density at radius 3 is 2.35 bits per heavy atom. The minimum absolute atomic E-state index is 0.0264. The van der Waals surface area contributed by atoms with E-state index in [1.54, 1.807) is 0 Å². The van der Waals surface area contributed by atoms with Crippen molar-refractivity contribution in [1.29, 1.82) is 0 Å². The first kappa shape index (κ1) is 28.7. The molecular weight excluding hydrogens is 458 g/mol. The first-order valence-electron chi connectivity index (χ1n) is 14.5. The smallest absolute Gasteiger partial charge is 0.253 e. The average molecular weight is 506 g/mol. The highest BCUT2D eigenvalue weighted by Crippen LogP contribution is 2.30. The largest absolute Gasteiger partial charge is 0.371 e. The van der Waals surface area contributed by atoms with Crippen molar-refractivity contribution in [3.05, 3.63) is 59.7 Å². The van der Waals surface area contributed by atoms with Gasteiger partial charge in [-0.2, -0.15) is 0 Å². The molecule has 3 rings (SSSR count). The summed E-state index contributed by atoms with van der Waals surface area (Å²) in [5, 5.41) is 6.11. The molecule has 1 fully saturated rings. The van der Waals surface area contributed by atoms with Gasteiger partial charge in [-0.05, 0) is 61.3 Å². The molecule has 0 unspecified atom stereocenters. The minimum atomic E-state index is -0.0675. The van der Waals surface area contributed by atoms with Crippen LogP contribution in [0, 0.1) is 11.8 Å². The number of rotatable bonds is 14. The van der Waals surface area contributed by atoms with Gasteiger partial charge in [0.25, 0.3) is 5.91 Å². The molecule has 0 saturated carbocycles. The topological polar surface area (TPSA) is 61.4 Å². The van der Waals surface area contributed by atoms with E-state index in [4.69, 9.17) is 0 Å². The lowest BCUT2D eigenvalue weighted by atomic mass is 9.89. The number of amides is 2. The highest BCUT2D eigenvalue weighted by atomic mass is 16.2. The number of unbranched alkanes of at least 4 members (excludes halogenated alkanes) is 5. The number of benzene rings is 2. The zero-order valence-electron chi connectivity index (χ0n) is 23.2. The Bertz CT molecular complexity index is 965. The normalized spacial score (nSPS) is 14.1. The first-order valence-corrected chi connectivity index (χ1v) is 14.5. The van der Waals surface area contributed by atoms with Crippen molar-refractivity contribution in [3.8, 4) is 0 Å². The van der Waals surface area contributed by atoms with Crippen LogP contribution in [0.2, 0.25) is 0 Å². The summed E-state index contributed by atoms with van der Waals surface area (Å²) in [6.07, 6.45) is 10.8. The van der Waals surface area contributed by atoms with Crippen LogP contribution < -0.4 is 15.5 Å². The molecule has 1 heterocycles. The summed E-state index contributed by atoms with van der Waals surface area (Å²) in [5.41, 5.74) is 3.72. The number of anilines is 2. The van der Waals surface area contributed by atoms with Crippen LogP contribution in [-0.2, 0) is 11.2 Å². The number of hydrogen-bond acceptors (Lipinski definition) is 3. The van der Waals surface area contributed by atoms with Crippen molar-refractivity contribution in [3.63, 3.8) is 0 Å². The molecule has 2 aromatic carbocycles. The fourth-order valence-electron chi connectivity index (χ4n) is 5.08. The molecule has 2 aromatic rings. The summed E-state index contributed by atoms with van der Waals surface area (Å²) < 4.78 is 0. The van der Waals surface area contributed by atoms with Gasteiger partial charge in [0, 0.05) is 37.4 Å². The fraction of sp³-hybridized carbons (Fsp3) is 0.562. The van der Waals surface area contributed by atoms with E-state index in [9.17, 15) is 9.59 Å². The Balaban J connectivity index is 1.62. The van der Waals surface area contributed by atoms with E-state index in [1.807, 2.05) is 18.2 Å².